The van der Waals surface area contributed by atoms with Gasteiger partial charge in [0, 0.05) is 0 Å². The van der Waals surface area contributed by atoms with Crippen LogP contribution in [0.25, 0.3) is 0 Å². The molecule has 0 aromatic heterocycles. The molecule has 0 aliphatic rings. The van der Waals surface area contributed by atoms with Crippen LogP contribution in [0.4, 0.5) is 0 Å². The van der Waals surface area contributed by atoms with Gasteiger partial charge in [-0.25, -0.2) is 0 Å². The quantitative estimate of drug-likeness (QED) is 0.524. The monoisotopic (exact) mass is 154 g/mol. The van der Waals surface area contributed by atoms with Crippen LogP contribution in [-0.4, -0.2) is 0 Å². The van der Waals surface area contributed by atoms with E-state index < -0.39 is 0 Å². The number of allylic oxidation sites excluding steroid dienone is 1. The van der Waals surface area contributed by atoms with Gasteiger partial charge in [-0.2, -0.15) is 0 Å². The van der Waals surface area contributed by atoms with Crippen molar-refractivity contribution in [3.05, 3.63) is 12.2 Å². The lowest BCUT2D eigenvalue weighted by atomic mass is 9.93. The van der Waals surface area contributed by atoms with E-state index in [4.69, 9.17) is 0 Å². The van der Waals surface area contributed by atoms with E-state index in [0.717, 1.165) is 11.8 Å². The van der Waals surface area contributed by atoms with Gasteiger partial charge in [0.25, 0.3) is 0 Å². The van der Waals surface area contributed by atoms with Gasteiger partial charge in [-0.15, -0.1) is 6.58 Å². The van der Waals surface area contributed by atoms with E-state index in [9.17, 15) is 0 Å². The Morgan fingerprint density at radius 1 is 1.27 bits per heavy atom. The molecule has 0 heterocycles. The fourth-order valence-corrected chi connectivity index (χ4v) is 1.42. The van der Waals surface area contributed by atoms with Crippen molar-refractivity contribution < 1.29 is 0 Å². The Hall–Kier alpha value is -0.260. The number of rotatable bonds is 5. The maximum Gasteiger partial charge on any atom is -0.0323 e. The van der Waals surface area contributed by atoms with E-state index in [1.807, 2.05) is 0 Å². The van der Waals surface area contributed by atoms with Crippen molar-refractivity contribution in [1.29, 1.82) is 0 Å². The van der Waals surface area contributed by atoms with Gasteiger partial charge in [-0.1, -0.05) is 26.3 Å². The van der Waals surface area contributed by atoms with Crippen LogP contribution in [0.1, 0.15) is 47.0 Å². The van der Waals surface area contributed by atoms with Crippen LogP contribution in [0.5, 0.6) is 0 Å². The lowest BCUT2D eigenvalue weighted by molar-refractivity contribution is 0.415. The Labute approximate surface area is 71.7 Å². The fraction of sp³-hybridized carbons (Fsp3) is 0.818. The Kier molecular flexibility index (Phi) is 5.27. The molecule has 0 heteroatoms. The zero-order chi connectivity index (χ0) is 8.85. The first-order chi connectivity index (χ1) is 5.02. The minimum absolute atomic E-state index is 0.843. The second-order valence-corrected chi connectivity index (χ2v) is 4.23. The lowest BCUT2D eigenvalue weighted by Gasteiger charge is -2.13. The summed E-state index contributed by atoms with van der Waals surface area (Å²) in [5.74, 6) is 1.71. The summed E-state index contributed by atoms with van der Waals surface area (Å²) >= 11 is 0. The van der Waals surface area contributed by atoms with Crippen LogP contribution in [0, 0.1) is 11.8 Å². The van der Waals surface area contributed by atoms with E-state index in [1.54, 1.807) is 0 Å². The molecule has 1 unspecified atom stereocenters. The standard InChI is InChI=1S/C11H22/c1-9(2)6-7-11(5)8-10(3)4/h10-11H,1,6-8H2,2-5H3. The average molecular weight is 154 g/mol. The largest absolute Gasteiger partial charge is 0.100 e. The van der Waals surface area contributed by atoms with E-state index >= 15 is 0 Å². The maximum atomic E-state index is 3.91. The van der Waals surface area contributed by atoms with Gasteiger partial charge >= 0.3 is 0 Å². The Bertz CT molecular complexity index is 111. The lowest BCUT2D eigenvalue weighted by Crippen LogP contribution is -1.99. The molecule has 0 aromatic rings. The molecule has 0 saturated heterocycles. The van der Waals surface area contributed by atoms with Gasteiger partial charge in [-0.3, -0.25) is 0 Å². The molecular formula is C11H22. The molecule has 0 rings (SSSR count). The third-order valence-electron chi connectivity index (χ3n) is 1.94. The summed E-state index contributed by atoms with van der Waals surface area (Å²) in [5, 5.41) is 0. The summed E-state index contributed by atoms with van der Waals surface area (Å²) in [6.07, 6.45) is 3.87. The van der Waals surface area contributed by atoms with Crippen molar-refractivity contribution in [3.8, 4) is 0 Å². The summed E-state index contributed by atoms with van der Waals surface area (Å²) in [6.45, 7) is 12.9. The SMILES string of the molecule is C=C(C)CCC(C)CC(C)C. The highest BCUT2D eigenvalue weighted by Gasteiger charge is 2.03. The predicted octanol–water partition coefficient (Wildman–Crippen LogP) is 4.02. The molecule has 0 bridgehead atoms. The second-order valence-electron chi connectivity index (χ2n) is 4.23. The maximum absolute atomic E-state index is 3.91. The van der Waals surface area contributed by atoms with Crippen LogP contribution in [0.3, 0.4) is 0 Å². The van der Waals surface area contributed by atoms with Gasteiger partial charge in [0.1, 0.15) is 0 Å². The van der Waals surface area contributed by atoms with E-state index in [-0.39, 0.29) is 0 Å². The van der Waals surface area contributed by atoms with Crippen molar-refractivity contribution in [1.82, 2.24) is 0 Å². The first-order valence-corrected chi connectivity index (χ1v) is 4.66. The zero-order valence-electron chi connectivity index (χ0n) is 8.48. The van der Waals surface area contributed by atoms with Gasteiger partial charge in [0.05, 0.1) is 0 Å². The van der Waals surface area contributed by atoms with Crippen LogP contribution < -0.4 is 0 Å². The number of hydrogen-bond acceptors (Lipinski definition) is 0. The zero-order valence-corrected chi connectivity index (χ0v) is 8.48. The molecule has 0 radical (unpaired) electrons. The van der Waals surface area contributed by atoms with Gasteiger partial charge in [0.2, 0.25) is 0 Å². The molecule has 0 aromatic carbocycles. The average Bonchev–Trinajstić information content (AvgIpc) is 1.82. The molecule has 0 saturated carbocycles. The van der Waals surface area contributed by atoms with E-state index in [2.05, 4.69) is 34.3 Å². The van der Waals surface area contributed by atoms with Crippen LogP contribution in [0.15, 0.2) is 12.2 Å². The number of hydrogen-bond donors (Lipinski definition) is 0. The van der Waals surface area contributed by atoms with E-state index in [0.29, 0.717) is 0 Å². The summed E-state index contributed by atoms with van der Waals surface area (Å²) in [4.78, 5) is 0. The summed E-state index contributed by atoms with van der Waals surface area (Å²) in [7, 11) is 0. The molecule has 0 N–H and O–H groups in total. The highest BCUT2D eigenvalue weighted by molar-refractivity contribution is 4.87. The smallest absolute Gasteiger partial charge is 0.0323 e. The minimum atomic E-state index is 0.843. The van der Waals surface area contributed by atoms with Crippen molar-refractivity contribution in [2.24, 2.45) is 11.8 Å². The molecular weight excluding hydrogens is 132 g/mol. The molecule has 0 aliphatic carbocycles. The van der Waals surface area contributed by atoms with Crippen LogP contribution >= 0.6 is 0 Å². The van der Waals surface area contributed by atoms with Gasteiger partial charge < -0.3 is 0 Å². The highest BCUT2D eigenvalue weighted by atomic mass is 14.1. The first kappa shape index (κ1) is 10.7. The Balaban J connectivity index is 3.37. The second kappa shape index (κ2) is 5.40. The van der Waals surface area contributed by atoms with Gasteiger partial charge in [0.15, 0.2) is 0 Å². The molecule has 0 aliphatic heterocycles. The molecule has 66 valence electrons. The van der Waals surface area contributed by atoms with Crippen molar-refractivity contribution >= 4 is 0 Å². The van der Waals surface area contributed by atoms with Crippen LogP contribution in [0.2, 0.25) is 0 Å². The molecule has 11 heavy (non-hydrogen) atoms. The third-order valence-corrected chi connectivity index (χ3v) is 1.94. The summed E-state index contributed by atoms with van der Waals surface area (Å²) < 4.78 is 0. The summed E-state index contributed by atoms with van der Waals surface area (Å²) in [5.41, 5.74) is 1.32. The van der Waals surface area contributed by atoms with Crippen molar-refractivity contribution in [2.45, 2.75) is 47.0 Å². The third kappa shape index (κ3) is 7.64. The van der Waals surface area contributed by atoms with Gasteiger partial charge in [-0.05, 0) is 38.0 Å². The first-order valence-electron chi connectivity index (χ1n) is 4.66. The molecule has 0 amide bonds. The Morgan fingerprint density at radius 2 is 1.82 bits per heavy atom. The van der Waals surface area contributed by atoms with Crippen molar-refractivity contribution in [2.75, 3.05) is 0 Å². The predicted molar refractivity (Wildman–Crippen MR) is 52.7 cm³/mol. The topological polar surface area (TPSA) is 0 Å². The fourth-order valence-electron chi connectivity index (χ4n) is 1.42. The van der Waals surface area contributed by atoms with E-state index in [1.165, 1.54) is 24.8 Å². The minimum Gasteiger partial charge on any atom is -0.100 e. The molecule has 0 nitrogen and oxygen atoms in total. The van der Waals surface area contributed by atoms with Crippen molar-refractivity contribution in [3.63, 3.8) is 0 Å². The molecule has 0 spiro atoms. The normalized spacial score (nSPS) is 13.5. The molecule has 0 fully saturated rings. The molecule has 1 atom stereocenters. The Morgan fingerprint density at radius 3 is 2.18 bits per heavy atom. The van der Waals surface area contributed by atoms with Crippen LogP contribution in [-0.2, 0) is 0 Å². The summed E-state index contributed by atoms with van der Waals surface area (Å²) in [6, 6.07) is 0. The highest BCUT2D eigenvalue weighted by Crippen LogP contribution is 2.17.